The molecule has 0 aliphatic heterocycles. The van der Waals surface area contributed by atoms with Crippen molar-refractivity contribution in [2.45, 2.75) is 6.92 Å². The van der Waals surface area contributed by atoms with Crippen LogP contribution in [0.4, 0.5) is 0 Å². The van der Waals surface area contributed by atoms with Crippen LogP contribution < -0.4 is 0 Å². The molecule has 0 radical (unpaired) electrons. The largest absolute Gasteiger partial charge is 0.289 e. The maximum Gasteiger partial charge on any atom is 0.0601 e. The molecule has 0 saturated carbocycles. The zero-order chi connectivity index (χ0) is 7.11. The number of likely N-dealkylation sites (N-methyl/N-ethyl adjacent to an activating group) is 1. The van der Waals surface area contributed by atoms with E-state index >= 15 is 0 Å². The molecule has 0 spiro atoms. The van der Waals surface area contributed by atoms with Crippen LogP contribution in [0.15, 0.2) is 12.7 Å². The van der Waals surface area contributed by atoms with Gasteiger partial charge in [0.05, 0.1) is 6.54 Å². The van der Waals surface area contributed by atoms with Gasteiger partial charge in [-0.2, -0.15) is 0 Å². The van der Waals surface area contributed by atoms with Gasteiger partial charge in [-0.05, 0) is 6.54 Å². The molecular formula is C8H13N. The second-order valence-electron chi connectivity index (χ2n) is 1.82. The molecule has 0 unspecified atom stereocenters. The third-order valence-corrected chi connectivity index (χ3v) is 1.15. The van der Waals surface area contributed by atoms with E-state index in [0.717, 1.165) is 19.6 Å². The number of hydrogen-bond acceptors (Lipinski definition) is 1. The molecule has 0 atom stereocenters. The number of terminal acetylenes is 1. The standard InChI is InChI=1S/C8H13N/c1-4-7-9(6-3)8-5-2/h1,5H,2,6-8H2,3H3. The molecule has 50 valence electrons. The molecule has 0 aromatic carbocycles. The van der Waals surface area contributed by atoms with Crippen LogP contribution in [0.5, 0.6) is 0 Å². The van der Waals surface area contributed by atoms with Crippen LogP contribution in [0.3, 0.4) is 0 Å². The molecule has 0 amide bonds. The van der Waals surface area contributed by atoms with E-state index < -0.39 is 0 Å². The molecule has 0 heterocycles. The third kappa shape index (κ3) is 3.81. The number of hydrogen-bond donors (Lipinski definition) is 0. The van der Waals surface area contributed by atoms with Crippen molar-refractivity contribution in [3.05, 3.63) is 12.7 Å². The smallest absolute Gasteiger partial charge is 0.0601 e. The average molecular weight is 123 g/mol. The minimum absolute atomic E-state index is 0.725. The van der Waals surface area contributed by atoms with Gasteiger partial charge < -0.3 is 0 Å². The summed E-state index contributed by atoms with van der Waals surface area (Å²) in [5, 5.41) is 0. The van der Waals surface area contributed by atoms with Crippen LogP contribution in [0.2, 0.25) is 0 Å². The van der Waals surface area contributed by atoms with Crippen molar-refractivity contribution < 1.29 is 0 Å². The third-order valence-electron chi connectivity index (χ3n) is 1.15. The predicted molar refractivity (Wildman–Crippen MR) is 41.1 cm³/mol. The van der Waals surface area contributed by atoms with Crippen LogP contribution in [0, 0.1) is 12.3 Å². The minimum Gasteiger partial charge on any atom is -0.289 e. The van der Waals surface area contributed by atoms with Crippen LogP contribution in [0.1, 0.15) is 6.92 Å². The molecule has 0 fully saturated rings. The fraction of sp³-hybridized carbons (Fsp3) is 0.500. The molecule has 9 heavy (non-hydrogen) atoms. The highest BCUT2D eigenvalue weighted by molar-refractivity contribution is 4.89. The first-order chi connectivity index (χ1) is 4.35. The topological polar surface area (TPSA) is 3.24 Å². The summed E-state index contributed by atoms with van der Waals surface area (Å²) < 4.78 is 0. The normalized spacial score (nSPS) is 9.00. The van der Waals surface area contributed by atoms with E-state index in [-0.39, 0.29) is 0 Å². The first kappa shape index (κ1) is 8.26. The second kappa shape index (κ2) is 5.40. The quantitative estimate of drug-likeness (QED) is 0.400. The van der Waals surface area contributed by atoms with E-state index in [9.17, 15) is 0 Å². The molecule has 0 aromatic rings. The van der Waals surface area contributed by atoms with Gasteiger partial charge in [0.15, 0.2) is 0 Å². The maximum atomic E-state index is 5.11. The highest BCUT2D eigenvalue weighted by Gasteiger charge is 1.93. The Balaban J connectivity index is 3.43. The van der Waals surface area contributed by atoms with Gasteiger partial charge in [0.1, 0.15) is 0 Å². The summed E-state index contributed by atoms with van der Waals surface area (Å²) >= 11 is 0. The Morgan fingerprint density at radius 1 is 1.78 bits per heavy atom. The molecule has 1 heteroatoms. The van der Waals surface area contributed by atoms with Gasteiger partial charge in [0, 0.05) is 6.54 Å². The molecule has 0 aromatic heterocycles. The highest BCUT2D eigenvalue weighted by atomic mass is 15.1. The van der Waals surface area contributed by atoms with E-state index in [2.05, 4.69) is 24.3 Å². The fourth-order valence-corrected chi connectivity index (χ4v) is 0.617. The molecule has 0 aliphatic carbocycles. The Bertz CT molecular complexity index is 110. The molecule has 0 bridgehead atoms. The van der Waals surface area contributed by atoms with E-state index in [1.807, 2.05) is 6.08 Å². The van der Waals surface area contributed by atoms with Crippen LogP contribution >= 0.6 is 0 Å². The Hall–Kier alpha value is -0.740. The molecular weight excluding hydrogens is 110 g/mol. The lowest BCUT2D eigenvalue weighted by Gasteiger charge is -2.13. The minimum atomic E-state index is 0.725. The Morgan fingerprint density at radius 3 is 2.78 bits per heavy atom. The lowest BCUT2D eigenvalue weighted by molar-refractivity contribution is 0.360. The van der Waals surface area contributed by atoms with Crippen molar-refractivity contribution >= 4 is 0 Å². The second-order valence-corrected chi connectivity index (χ2v) is 1.82. The average Bonchev–Trinajstić information content (AvgIpc) is 1.88. The van der Waals surface area contributed by atoms with Crippen LogP contribution in [-0.2, 0) is 0 Å². The van der Waals surface area contributed by atoms with Crippen molar-refractivity contribution in [1.82, 2.24) is 4.90 Å². The summed E-state index contributed by atoms with van der Waals surface area (Å²) in [5.74, 6) is 2.58. The predicted octanol–water partition coefficient (Wildman–Crippen LogP) is 1.13. The Morgan fingerprint density at radius 2 is 2.44 bits per heavy atom. The van der Waals surface area contributed by atoms with Crippen molar-refractivity contribution in [3.8, 4) is 12.3 Å². The zero-order valence-electron chi connectivity index (χ0n) is 5.93. The molecule has 1 nitrogen and oxygen atoms in total. The van der Waals surface area contributed by atoms with E-state index in [0.29, 0.717) is 0 Å². The highest BCUT2D eigenvalue weighted by Crippen LogP contribution is 1.84. The van der Waals surface area contributed by atoms with Crippen LogP contribution in [-0.4, -0.2) is 24.5 Å². The van der Waals surface area contributed by atoms with Crippen molar-refractivity contribution in [3.63, 3.8) is 0 Å². The lowest BCUT2D eigenvalue weighted by Crippen LogP contribution is -2.23. The van der Waals surface area contributed by atoms with Gasteiger partial charge in [0.25, 0.3) is 0 Å². The zero-order valence-corrected chi connectivity index (χ0v) is 5.93. The Kier molecular flexibility index (Phi) is 4.95. The fourth-order valence-electron chi connectivity index (χ4n) is 0.617. The summed E-state index contributed by atoms with van der Waals surface area (Å²) in [6.07, 6.45) is 6.97. The van der Waals surface area contributed by atoms with E-state index in [1.54, 1.807) is 0 Å². The lowest BCUT2D eigenvalue weighted by atomic mass is 10.4. The van der Waals surface area contributed by atoms with Gasteiger partial charge in [-0.25, -0.2) is 0 Å². The SMILES string of the molecule is C#CCN(CC)CC=C. The first-order valence-electron chi connectivity index (χ1n) is 3.11. The van der Waals surface area contributed by atoms with Crippen molar-refractivity contribution in [1.29, 1.82) is 0 Å². The van der Waals surface area contributed by atoms with Gasteiger partial charge in [-0.15, -0.1) is 13.0 Å². The van der Waals surface area contributed by atoms with Gasteiger partial charge in [0.2, 0.25) is 0 Å². The summed E-state index contributed by atoms with van der Waals surface area (Å²) in [4.78, 5) is 2.13. The Labute approximate surface area is 57.4 Å². The summed E-state index contributed by atoms with van der Waals surface area (Å²) in [7, 11) is 0. The summed E-state index contributed by atoms with van der Waals surface area (Å²) in [6, 6.07) is 0. The summed E-state index contributed by atoms with van der Waals surface area (Å²) in [6.45, 7) is 8.32. The first-order valence-corrected chi connectivity index (χ1v) is 3.11. The number of nitrogens with zero attached hydrogens (tertiary/aromatic N) is 1. The molecule has 0 saturated heterocycles. The van der Waals surface area contributed by atoms with Crippen molar-refractivity contribution in [2.24, 2.45) is 0 Å². The number of rotatable bonds is 4. The monoisotopic (exact) mass is 123 g/mol. The van der Waals surface area contributed by atoms with E-state index in [4.69, 9.17) is 6.42 Å². The maximum absolute atomic E-state index is 5.11. The summed E-state index contributed by atoms with van der Waals surface area (Å²) in [5.41, 5.74) is 0. The van der Waals surface area contributed by atoms with Gasteiger partial charge in [-0.3, -0.25) is 4.90 Å². The molecule has 0 aliphatic rings. The van der Waals surface area contributed by atoms with Gasteiger partial charge >= 0.3 is 0 Å². The van der Waals surface area contributed by atoms with Crippen LogP contribution in [0.25, 0.3) is 0 Å². The molecule has 0 N–H and O–H groups in total. The molecule has 0 rings (SSSR count). The van der Waals surface area contributed by atoms with E-state index in [1.165, 1.54) is 0 Å². The van der Waals surface area contributed by atoms with Crippen molar-refractivity contribution in [2.75, 3.05) is 19.6 Å². The van der Waals surface area contributed by atoms with Gasteiger partial charge in [-0.1, -0.05) is 18.9 Å².